The number of rotatable bonds is 7. The Morgan fingerprint density at radius 3 is 2.38 bits per heavy atom. The third kappa shape index (κ3) is 4.28. The Balaban J connectivity index is 2.26. The number of ether oxygens (including phenoxy) is 1. The molecule has 26 heavy (non-hydrogen) atoms. The molecule has 140 valence electrons. The minimum atomic E-state index is -4.01. The Labute approximate surface area is 153 Å². The van der Waals surface area contributed by atoms with Crippen LogP contribution in [-0.4, -0.2) is 31.8 Å². The zero-order chi connectivity index (χ0) is 19.3. The lowest BCUT2D eigenvalue weighted by atomic mass is 10.1. The number of benzene rings is 2. The average molecular weight is 379 g/mol. The smallest absolute Gasteiger partial charge is 0.338 e. The maximum atomic E-state index is 14.1. The van der Waals surface area contributed by atoms with Crippen molar-refractivity contribution in [2.45, 2.75) is 32.3 Å². The molecule has 0 atom stereocenters. The third-order valence-corrected chi connectivity index (χ3v) is 6.18. The van der Waals surface area contributed by atoms with E-state index in [-0.39, 0.29) is 25.3 Å². The van der Waals surface area contributed by atoms with Gasteiger partial charge < -0.3 is 4.74 Å². The predicted molar refractivity (Wildman–Crippen MR) is 96.8 cm³/mol. The van der Waals surface area contributed by atoms with Gasteiger partial charge in [0, 0.05) is 13.1 Å². The largest absolute Gasteiger partial charge is 0.457 e. The Morgan fingerprint density at radius 1 is 1.12 bits per heavy atom. The number of hydrogen-bond acceptors (Lipinski definition) is 4. The van der Waals surface area contributed by atoms with E-state index in [1.165, 1.54) is 6.07 Å². The van der Waals surface area contributed by atoms with Gasteiger partial charge in [-0.1, -0.05) is 38.1 Å². The van der Waals surface area contributed by atoms with Crippen molar-refractivity contribution in [3.63, 3.8) is 0 Å². The molecule has 0 aliphatic rings. The Kier molecular flexibility index (Phi) is 6.50. The highest BCUT2D eigenvalue weighted by atomic mass is 32.2. The molecule has 0 saturated heterocycles. The van der Waals surface area contributed by atoms with Crippen molar-refractivity contribution in [2.75, 3.05) is 13.1 Å². The monoisotopic (exact) mass is 379 g/mol. The van der Waals surface area contributed by atoms with Gasteiger partial charge >= 0.3 is 5.97 Å². The van der Waals surface area contributed by atoms with Crippen LogP contribution in [0.5, 0.6) is 0 Å². The molecule has 0 N–H and O–H groups in total. The van der Waals surface area contributed by atoms with E-state index in [0.717, 1.165) is 27.6 Å². The molecule has 0 unspecified atom stereocenters. The molecule has 2 aromatic carbocycles. The molecule has 0 fully saturated rings. The van der Waals surface area contributed by atoms with Crippen LogP contribution in [0.3, 0.4) is 0 Å². The SMILES string of the molecule is CCN(CC)S(=O)(=O)c1cc(C(=O)OCc2ccccc2C)ccc1F. The van der Waals surface area contributed by atoms with Crippen molar-refractivity contribution in [3.05, 3.63) is 65.0 Å². The summed E-state index contributed by atoms with van der Waals surface area (Å²) in [5, 5.41) is 0. The van der Waals surface area contributed by atoms with E-state index >= 15 is 0 Å². The topological polar surface area (TPSA) is 63.7 Å². The first kappa shape index (κ1) is 20.1. The number of nitrogens with zero attached hydrogens (tertiary/aromatic N) is 1. The summed E-state index contributed by atoms with van der Waals surface area (Å²) in [6, 6.07) is 10.7. The summed E-state index contributed by atoms with van der Waals surface area (Å²) < 4.78 is 45.6. The summed E-state index contributed by atoms with van der Waals surface area (Å²) in [7, 11) is -4.01. The van der Waals surface area contributed by atoms with Crippen molar-refractivity contribution in [2.24, 2.45) is 0 Å². The Hall–Kier alpha value is -2.25. The second-order valence-corrected chi connectivity index (χ2v) is 7.64. The molecule has 0 radical (unpaired) electrons. The fourth-order valence-electron chi connectivity index (χ4n) is 2.53. The summed E-state index contributed by atoms with van der Waals surface area (Å²) in [6.45, 7) is 5.70. The summed E-state index contributed by atoms with van der Waals surface area (Å²) in [5.41, 5.74) is 1.81. The van der Waals surface area contributed by atoms with Crippen molar-refractivity contribution >= 4 is 16.0 Å². The van der Waals surface area contributed by atoms with Crippen molar-refractivity contribution in [1.82, 2.24) is 4.31 Å². The van der Waals surface area contributed by atoms with Gasteiger partial charge in [0.1, 0.15) is 17.3 Å². The molecule has 7 heteroatoms. The van der Waals surface area contributed by atoms with Crippen molar-refractivity contribution in [3.8, 4) is 0 Å². The molecule has 0 saturated carbocycles. The van der Waals surface area contributed by atoms with E-state index in [1.54, 1.807) is 13.8 Å². The summed E-state index contributed by atoms with van der Waals surface area (Å²) in [5.74, 6) is -1.60. The van der Waals surface area contributed by atoms with Gasteiger partial charge in [-0.05, 0) is 36.2 Å². The molecule has 0 bridgehead atoms. The average Bonchev–Trinajstić information content (AvgIpc) is 2.61. The van der Waals surface area contributed by atoms with Crippen LogP contribution in [-0.2, 0) is 21.4 Å². The number of halogens is 1. The summed E-state index contributed by atoms with van der Waals surface area (Å²) >= 11 is 0. The summed E-state index contributed by atoms with van der Waals surface area (Å²) in [6.07, 6.45) is 0. The number of esters is 1. The second kappa shape index (κ2) is 8.42. The molecule has 0 amide bonds. The van der Waals surface area contributed by atoms with E-state index in [0.29, 0.717) is 0 Å². The standard InChI is InChI=1S/C19H22FNO4S/c1-4-21(5-2)26(23,24)18-12-15(10-11-17(18)20)19(22)25-13-16-9-7-6-8-14(16)3/h6-12H,4-5,13H2,1-3H3. The van der Waals surface area contributed by atoms with Gasteiger partial charge in [-0.2, -0.15) is 4.31 Å². The van der Waals surface area contributed by atoms with E-state index in [2.05, 4.69) is 0 Å². The quantitative estimate of drug-likeness (QED) is 0.691. The summed E-state index contributed by atoms with van der Waals surface area (Å²) in [4.78, 5) is 11.8. The van der Waals surface area contributed by atoms with Gasteiger partial charge in [0.15, 0.2) is 0 Å². The van der Waals surface area contributed by atoms with Crippen LogP contribution in [0, 0.1) is 12.7 Å². The fourth-order valence-corrected chi connectivity index (χ4v) is 4.08. The molecule has 2 rings (SSSR count). The van der Waals surface area contributed by atoms with Crippen LogP contribution in [0.25, 0.3) is 0 Å². The maximum absolute atomic E-state index is 14.1. The lowest BCUT2D eigenvalue weighted by Crippen LogP contribution is -2.31. The first-order chi connectivity index (χ1) is 12.3. The maximum Gasteiger partial charge on any atom is 0.338 e. The van der Waals surface area contributed by atoms with Gasteiger partial charge in [-0.3, -0.25) is 0 Å². The van der Waals surface area contributed by atoms with Gasteiger partial charge in [-0.25, -0.2) is 17.6 Å². The normalized spacial score (nSPS) is 11.6. The van der Waals surface area contributed by atoms with Gasteiger partial charge in [0.05, 0.1) is 5.56 Å². The van der Waals surface area contributed by atoms with Gasteiger partial charge in [0.25, 0.3) is 0 Å². The number of hydrogen-bond donors (Lipinski definition) is 0. The minimum absolute atomic E-state index is 0.00860. The minimum Gasteiger partial charge on any atom is -0.457 e. The van der Waals surface area contributed by atoms with Crippen LogP contribution >= 0.6 is 0 Å². The second-order valence-electron chi connectivity index (χ2n) is 5.74. The molecule has 0 heterocycles. The van der Waals surface area contributed by atoms with Crippen LogP contribution in [0.2, 0.25) is 0 Å². The van der Waals surface area contributed by atoms with Crippen LogP contribution in [0.4, 0.5) is 4.39 Å². The van der Waals surface area contributed by atoms with Crippen molar-refractivity contribution < 1.29 is 22.3 Å². The predicted octanol–water partition coefficient (Wildman–Crippen LogP) is 3.52. The highest BCUT2D eigenvalue weighted by Gasteiger charge is 2.26. The molecular formula is C19H22FNO4S. The van der Waals surface area contributed by atoms with Crippen LogP contribution < -0.4 is 0 Å². The number of sulfonamides is 1. The zero-order valence-electron chi connectivity index (χ0n) is 15.0. The van der Waals surface area contributed by atoms with E-state index in [4.69, 9.17) is 4.74 Å². The third-order valence-electron chi connectivity index (χ3n) is 4.11. The van der Waals surface area contributed by atoms with Crippen molar-refractivity contribution in [1.29, 1.82) is 0 Å². The zero-order valence-corrected chi connectivity index (χ0v) is 15.8. The van der Waals surface area contributed by atoms with Crippen LogP contribution in [0.1, 0.15) is 35.3 Å². The number of carbonyl (C=O) groups is 1. The number of aryl methyl sites for hydroxylation is 1. The first-order valence-corrected chi connectivity index (χ1v) is 9.76. The highest BCUT2D eigenvalue weighted by molar-refractivity contribution is 7.89. The lowest BCUT2D eigenvalue weighted by Gasteiger charge is -2.19. The molecule has 0 aliphatic heterocycles. The molecule has 0 aliphatic carbocycles. The molecule has 0 aromatic heterocycles. The lowest BCUT2D eigenvalue weighted by molar-refractivity contribution is 0.0471. The fraction of sp³-hybridized carbons (Fsp3) is 0.316. The highest BCUT2D eigenvalue weighted by Crippen LogP contribution is 2.21. The van der Waals surface area contributed by atoms with Gasteiger partial charge in [-0.15, -0.1) is 0 Å². The Bertz CT molecular complexity index is 892. The van der Waals surface area contributed by atoms with Gasteiger partial charge in [0.2, 0.25) is 10.0 Å². The molecular weight excluding hydrogens is 357 g/mol. The Morgan fingerprint density at radius 2 is 1.77 bits per heavy atom. The first-order valence-electron chi connectivity index (χ1n) is 8.32. The molecule has 0 spiro atoms. The van der Waals surface area contributed by atoms with E-state index in [1.807, 2.05) is 31.2 Å². The molecule has 5 nitrogen and oxygen atoms in total. The van der Waals surface area contributed by atoms with E-state index < -0.39 is 26.7 Å². The molecule has 2 aromatic rings. The van der Waals surface area contributed by atoms with E-state index in [9.17, 15) is 17.6 Å². The number of carbonyl (C=O) groups excluding carboxylic acids is 1. The van der Waals surface area contributed by atoms with Crippen LogP contribution in [0.15, 0.2) is 47.4 Å².